The lowest BCUT2D eigenvalue weighted by Gasteiger charge is -2.34. The molecule has 24 heavy (non-hydrogen) atoms. The summed E-state index contributed by atoms with van der Waals surface area (Å²) >= 11 is 0. The first-order valence-electron chi connectivity index (χ1n) is 8.18. The van der Waals surface area contributed by atoms with Crippen LogP contribution in [-0.4, -0.2) is 70.8 Å². The Kier molecular flexibility index (Phi) is 5.01. The summed E-state index contributed by atoms with van der Waals surface area (Å²) in [5, 5.41) is -0.909. The van der Waals surface area contributed by atoms with E-state index in [1.807, 2.05) is 11.8 Å². The molecule has 2 saturated heterocycles. The Balaban J connectivity index is 1.93. The van der Waals surface area contributed by atoms with Crippen molar-refractivity contribution in [3.8, 4) is 0 Å². The Bertz CT molecular complexity index is 780. The van der Waals surface area contributed by atoms with Crippen molar-refractivity contribution in [1.29, 1.82) is 0 Å². The van der Waals surface area contributed by atoms with Gasteiger partial charge in [0.1, 0.15) is 0 Å². The smallest absolute Gasteiger partial charge is 0.183 e. The van der Waals surface area contributed by atoms with Gasteiger partial charge in [0.2, 0.25) is 0 Å². The molecule has 0 N–H and O–H groups in total. The predicted octanol–water partition coefficient (Wildman–Crippen LogP) is 0.521. The number of ether oxygens (including phenoxy) is 1. The Morgan fingerprint density at radius 1 is 1.12 bits per heavy atom. The van der Waals surface area contributed by atoms with Crippen LogP contribution in [0.15, 0.2) is 29.2 Å². The van der Waals surface area contributed by atoms with Gasteiger partial charge in [-0.1, -0.05) is 19.1 Å². The summed E-state index contributed by atoms with van der Waals surface area (Å²) in [5.41, 5.74) is 1.05. The minimum absolute atomic E-state index is 0.0933. The first-order chi connectivity index (χ1) is 11.3. The van der Waals surface area contributed by atoms with Gasteiger partial charge < -0.3 is 4.74 Å². The molecular weight excluding hydrogens is 350 g/mol. The number of sulfone groups is 2. The standard InChI is InChI=1S/C16H23NO5S2/c1-2-13-3-5-14(6-4-13)24(20,21)16-12-23(18,19)11-15(16)17-7-9-22-10-8-17/h3-6,15-16H,2,7-12H2,1H3/t15-,16-/m0/s1. The van der Waals surface area contributed by atoms with Gasteiger partial charge in [0.25, 0.3) is 0 Å². The van der Waals surface area contributed by atoms with Crippen LogP contribution in [0.2, 0.25) is 0 Å². The fraction of sp³-hybridized carbons (Fsp3) is 0.625. The summed E-state index contributed by atoms with van der Waals surface area (Å²) in [6.45, 7) is 4.16. The molecule has 0 aromatic heterocycles. The number of hydrogen-bond acceptors (Lipinski definition) is 6. The van der Waals surface area contributed by atoms with E-state index in [1.54, 1.807) is 24.3 Å². The highest BCUT2D eigenvalue weighted by atomic mass is 32.2. The Morgan fingerprint density at radius 3 is 2.33 bits per heavy atom. The third-order valence-electron chi connectivity index (χ3n) is 4.85. The van der Waals surface area contributed by atoms with Gasteiger partial charge in [-0.15, -0.1) is 0 Å². The SMILES string of the molecule is CCc1ccc(S(=O)(=O)[C@H]2CS(=O)(=O)C[C@@H]2N2CCOCC2)cc1. The molecule has 0 amide bonds. The molecule has 1 aromatic carbocycles. The van der Waals surface area contributed by atoms with Crippen LogP contribution in [0.5, 0.6) is 0 Å². The number of aryl methyl sites for hydroxylation is 1. The van der Waals surface area contributed by atoms with Gasteiger partial charge in [0, 0.05) is 19.1 Å². The van der Waals surface area contributed by atoms with Crippen molar-refractivity contribution in [2.45, 2.75) is 29.5 Å². The second-order valence-corrected chi connectivity index (χ2v) is 10.7. The van der Waals surface area contributed by atoms with Gasteiger partial charge >= 0.3 is 0 Å². The van der Waals surface area contributed by atoms with E-state index in [1.165, 1.54) is 0 Å². The molecule has 2 atom stereocenters. The van der Waals surface area contributed by atoms with Gasteiger partial charge in [0.05, 0.1) is 34.9 Å². The average Bonchev–Trinajstić information content (AvgIpc) is 2.92. The highest BCUT2D eigenvalue weighted by molar-refractivity contribution is 7.96. The highest BCUT2D eigenvalue weighted by Gasteiger charge is 2.48. The van der Waals surface area contributed by atoms with Gasteiger partial charge in [-0.05, 0) is 24.1 Å². The monoisotopic (exact) mass is 373 g/mol. The molecule has 0 spiro atoms. The molecule has 2 fully saturated rings. The second-order valence-electron chi connectivity index (χ2n) is 6.37. The van der Waals surface area contributed by atoms with E-state index in [-0.39, 0.29) is 16.4 Å². The third kappa shape index (κ3) is 3.51. The lowest BCUT2D eigenvalue weighted by Crippen LogP contribution is -2.50. The maximum Gasteiger partial charge on any atom is 0.183 e. The maximum absolute atomic E-state index is 13.1. The molecule has 2 aliphatic rings. The zero-order valence-electron chi connectivity index (χ0n) is 13.7. The van der Waals surface area contributed by atoms with Crippen molar-refractivity contribution in [2.75, 3.05) is 37.8 Å². The maximum atomic E-state index is 13.1. The normalized spacial score (nSPS) is 28.0. The number of hydrogen-bond donors (Lipinski definition) is 0. The van der Waals surface area contributed by atoms with Gasteiger partial charge in [0.15, 0.2) is 19.7 Å². The van der Waals surface area contributed by atoms with Crippen molar-refractivity contribution in [3.05, 3.63) is 29.8 Å². The highest BCUT2D eigenvalue weighted by Crippen LogP contribution is 2.29. The van der Waals surface area contributed by atoms with E-state index in [4.69, 9.17) is 4.74 Å². The van der Waals surface area contributed by atoms with Gasteiger partial charge in [-0.25, -0.2) is 16.8 Å². The molecule has 134 valence electrons. The van der Waals surface area contributed by atoms with Crippen molar-refractivity contribution in [2.24, 2.45) is 0 Å². The molecule has 0 aliphatic carbocycles. The van der Waals surface area contributed by atoms with Crippen LogP contribution in [0.1, 0.15) is 12.5 Å². The van der Waals surface area contributed by atoms with E-state index < -0.39 is 31.0 Å². The Hall–Kier alpha value is -0.960. The molecule has 0 radical (unpaired) electrons. The first-order valence-corrected chi connectivity index (χ1v) is 11.6. The lowest BCUT2D eigenvalue weighted by atomic mass is 10.2. The van der Waals surface area contributed by atoms with Crippen LogP contribution in [0, 0.1) is 0 Å². The molecule has 6 nitrogen and oxygen atoms in total. The summed E-state index contributed by atoms with van der Waals surface area (Å²) < 4.78 is 55.7. The third-order valence-corrected chi connectivity index (χ3v) is 8.98. The second kappa shape index (κ2) is 6.74. The summed E-state index contributed by atoms with van der Waals surface area (Å²) in [6.07, 6.45) is 0.828. The van der Waals surface area contributed by atoms with Crippen LogP contribution in [-0.2, 0) is 30.8 Å². The molecule has 0 unspecified atom stereocenters. The van der Waals surface area contributed by atoms with E-state index in [0.29, 0.717) is 26.3 Å². The minimum Gasteiger partial charge on any atom is -0.379 e. The lowest BCUT2D eigenvalue weighted by molar-refractivity contribution is 0.0222. The van der Waals surface area contributed by atoms with Crippen LogP contribution in [0.4, 0.5) is 0 Å². The van der Waals surface area contributed by atoms with Crippen molar-refractivity contribution >= 4 is 19.7 Å². The summed E-state index contributed by atoms with van der Waals surface area (Å²) in [5.74, 6) is -0.392. The quantitative estimate of drug-likeness (QED) is 0.765. The summed E-state index contributed by atoms with van der Waals surface area (Å²) in [7, 11) is -7.05. The molecule has 2 heterocycles. The average molecular weight is 373 g/mol. The van der Waals surface area contributed by atoms with Crippen LogP contribution < -0.4 is 0 Å². The van der Waals surface area contributed by atoms with Crippen molar-refractivity contribution in [3.63, 3.8) is 0 Å². The van der Waals surface area contributed by atoms with Crippen LogP contribution in [0.3, 0.4) is 0 Å². The number of morpholine rings is 1. The van der Waals surface area contributed by atoms with Gasteiger partial charge in [-0.3, -0.25) is 4.90 Å². The van der Waals surface area contributed by atoms with Crippen molar-refractivity contribution < 1.29 is 21.6 Å². The van der Waals surface area contributed by atoms with E-state index in [9.17, 15) is 16.8 Å². The van der Waals surface area contributed by atoms with E-state index >= 15 is 0 Å². The zero-order chi connectivity index (χ0) is 17.4. The number of nitrogens with zero attached hydrogens (tertiary/aromatic N) is 1. The van der Waals surface area contributed by atoms with Crippen LogP contribution in [0.25, 0.3) is 0 Å². The minimum atomic E-state index is -3.69. The molecule has 1 aromatic rings. The fourth-order valence-electron chi connectivity index (χ4n) is 3.43. The molecule has 0 bridgehead atoms. The zero-order valence-corrected chi connectivity index (χ0v) is 15.4. The summed E-state index contributed by atoms with van der Waals surface area (Å²) in [4.78, 5) is 2.16. The molecule has 8 heteroatoms. The topological polar surface area (TPSA) is 80.8 Å². The molecule has 2 aliphatic heterocycles. The largest absolute Gasteiger partial charge is 0.379 e. The summed E-state index contributed by atoms with van der Waals surface area (Å²) in [6, 6.07) is 6.28. The Labute approximate surface area is 143 Å². The molecule has 3 rings (SSSR count). The van der Waals surface area contributed by atoms with E-state index in [0.717, 1.165) is 12.0 Å². The Morgan fingerprint density at radius 2 is 1.75 bits per heavy atom. The van der Waals surface area contributed by atoms with Gasteiger partial charge in [-0.2, -0.15) is 0 Å². The predicted molar refractivity (Wildman–Crippen MR) is 91.6 cm³/mol. The fourth-order valence-corrected chi connectivity index (χ4v) is 8.26. The number of benzene rings is 1. The molecule has 0 saturated carbocycles. The van der Waals surface area contributed by atoms with Crippen molar-refractivity contribution in [1.82, 2.24) is 4.90 Å². The van der Waals surface area contributed by atoms with Crippen LogP contribution >= 0.6 is 0 Å². The molecular formula is C16H23NO5S2. The first kappa shape index (κ1) is 17.8. The van der Waals surface area contributed by atoms with E-state index in [2.05, 4.69) is 0 Å². The number of rotatable bonds is 4.